The predicted molar refractivity (Wildman–Crippen MR) is 115 cm³/mol. The summed E-state index contributed by atoms with van der Waals surface area (Å²) >= 11 is 0. The second-order valence-corrected chi connectivity index (χ2v) is 9.60. The number of hydrogen-bond donors (Lipinski definition) is 2. The first kappa shape index (κ1) is 20.0. The zero-order valence-electron chi connectivity index (χ0n) is 18.1. The van der Waals surface area contributed by atoms with Crippen LogP contribution in [0.15, 0.2) is 29.3 Å². The SMILES string of the molecule is CN=C(NCC1C2CCc3ccccc3C21)N1CC[C@@H](NC(=O)OC(C)(C)C)C1. The smallest absolute Gasteiger partial charge is 0.407 e. The number of ether oxygens (including phenoxy) is 1. The van der Waals surface area contributed by atoms with Crippen molar-refractivity contribution in [1.82, 2.24) is 15.5 Å². The molecule has 6 nitrogen and oxygen atoms in total. The number of carbonyl (C=O) groups excluding carboxylic acids is 1. The Morgan fingerprint density at radius 3 is 2.83 bits per heavy atom. The Morgan fingerprint density at radius 2 is 2.07 bits per heavy atom. The van der Waals surface area contributed by atoms with Gasteiger partial charge in [0, 0.05) is 26.7 Å². The highest BCUT2D eigenvalue weighted by Crippen LogP contribution is 2.59. The molecule has 0 radical (unpaired) electrons. The summed E-state index contributed by atoms with van der Waals surface area (Å²) in [7, 11) is 1.84. The Bertz CT molecular complexity index is 785. The lowest BCUT2D eigenvalue weighted by Crippen LogP contribution is -2.44. The summed E-state index contributed by atoms with van der Waals surface area (Å²) in [4.78, 5) is 18.8. The summed E-state index contributed by atoms with van der Waals surface area (Å²) < 4.78 is 5.38. The van der Waals surface area contributed by atoms with Crippen molar-refractivity contribution >= 4 is 12.1 Å². The summed E-state index contributed by atoms with van der Waals surface area (Å²) in [6.45, 7) is 8.27. The fraction of sp³-hybridized carbons (Fsp3) is 0.652. The van der Waals surface area contributed by atoms with Crippen LogP contribution in [-0.4, -0.2) is 55.3 Å². The molecule has 0 bridgehead atoms. The van der Waals surface area contributed by atoms with E-state index in [2.05, 4.69) is 44.8 Å². The van der Waals surface area contributed by atoms with Crippen molar-refractivity contribution in [2.75, 3.05) is 26.7 Å². The average Bonchev–Trinajstić information content (AvgIpc) is 3.20. The quantitative estimate of drug-likeness (QED) is 0.606. The number of guanidine groups is 1. The van der Waals surface area contributed by atoms with Gasteiger partial charge in [0.2, 0.25) is 0 Å². The minimum absolute atomic E-state index is 0.0961. The van der Waals surface area contributed by atoms with Crippen LogP contribution in [0.1, 0.15) is 50.7 Å². The van der Waals surface area contributed by atoms with Crippen molar-refractivity contribution in [3.63, 3.8) is 0 Å². The van der Waals surface area contributed by atoms with E-state index in [1.165, 1.54) is 18.4 Å². The highest BCUT2D eigenvalue weighted by Gasteiger charge is 2.52. The number of rotatable bonds is 3. The molecular weight excluding hydrogens is 364 g/mol. The minimum Gasteiger partial charge on any atom is -0.444 e. The van der Waals surface area contributed by atoms with Gasteiger partial charge in [0.25, 0.3) is 0 Å². The molecule has 0 spiro atoms. The Hall–Kier alpha value is -2.24. The number of nitrogens with one attached hydrogen (secondary N) is 2. The number of likely N-dealkylation sites (tertiary alicyclic amines) is 1. The molecule has 3 unspecified atom stereocenters. The van der Waals surface area contributed by atoms with Gasteiger partial charge in [0.05, 0.1) is 6.04 Å². The molecule has 1 aromatic rings. The zero-order chi connectivity index (χ0) is 20.6. The molecule has 1 heterocycles. The van der Waals surface area contributed by atoms with E-state index in [1.54, 1.807) is 5.56 Å². The summed E-state index contributed by atoms with van der Waals surface area (Å²) in [5.41, 5.74) is 2.63. The van der Waals surface area contributed by atoms with Crippen LogP contribution in [0.5, 0.6) is 0 Å². The molecule has 1 saturated carbocycles. The maximum atomic E-state index is 12.0. The van der Waals surface area contributed by atoms with Gasteiger partial charge in [-0.15, -0.1) is 0 Å². The largest absolute Gasteiger partial charge is 0.444 e. The number of hydrogen-bond acceptors (Lipinski definition) is 3. The molecule has 29 heavy (non-hydrogen) atoms. The van der Waals surface area contributed by atoms with Gasteiger partial charge in [-0.25, -0.2) is 4.79 Å². The third-order valence-corrected chi connectivity index (χ3v) is 6.41. The van der Waals surface area contributed by atoms with E-state index < -0.39 is 5.60 Å². The second-order valence-electron chi connectivity index (χ2n) is 9.60. The molecule has 4 atom stereocenters. The molecule has 1 amide bonds. The third kappa shape index (κ3) is 4.51. The number of fused-ring (bicyclic) bond motifs is 3. The summed E-state index contributed by atoms with van der Waals surface area (Å²) in [5, 5.41) is 6.59. The van der Waals surface area contributed by atoms with Crippen LogP contribution in [-0.2, 0) is 11.2 Å². The standard InChI is InChI=1S/C23H34N4O2/c1-23(2,3)29-22(28)26-16-11-12-27(14-16)21(24-4)25-13-19-18-10-9-15-7-5-6-8-17(15)20(18)19/h5-8,16,18-20H,9-14H2,1-4H3,(H,24,25)(H,26,28)/t16-,18?,19?,20?/m1/s1. The van der Waals surface area contributed by atoms with Crippen LogP contribution < -0.4 is 10.6 Å². The highest BCUT2D eigenvalue weighted by molar-refractivity contribution is 5.80. The van der Waals surface area contributed by atoms with Gasteiger partial charge >= 0.3 is 6.09 Å². The Morgan fingerprint density at radius 1 is 1.28 bits per heavy atom. The van der Waals surface area contributed by atoms with Gasteiger partial charge in [-0.2, -0.15) is 0 Å². The van der Waals surface area contributed by atoms with Gasteiger partial charge in [-0.05, 0) is 68.9 Å². The number of benzene rings is 1. The molecule has 2 aliphatic carbocycles. The summed E-state index contributed by atoms with van der Waals surface area (Å²) in [5.74, 6) is 3.17. The van der Waals surface area contributed by atoms with E-state index in [0.717, 1.165) is 37.9 Å². The molecule has 1 aromatic carbocycles. The molecule has 1 saturated heterocycles. The summed E-state index contributed by atoms with van der Waals surface area (Å²) in [6, 6.07) is 9.03. The Kier molecular flexibility index (Phi) is 5.45. The van der Waals surface area contributed by atoms with Gasteiger partial charge in [-0.1, -0.05) is 24.3 Å². The van der Waals surface area contributed by atoms with Crippen molar-refractivity contribution in [3.05, 3.63) is 35.4 Å². The number of aryl methyl sites for hydroxylation is 1. The van der Waals surface area contributed by atoms with Crippen molar-refractivity contribution < 1.29 is 9.53 Å². The van der Waals surface area contributed by atoms with E-state index in [0.29, 0.717) is 11.8 Å². The maximum Gasteiger partial charge on any atom is 0.407 e. The average molecular weight is 399 g/mol. The van der Waals surface area contributed by atoms with Crippen molar-refractivity contribution in [1.29, 1.82) is 0 Å². The van der Waals surface area contributed by atoms with Crippen LogP contribution >= 0.6 is 0 Å². The lowest BCUT2D eigenvalue weighted by molar-refractivity contribution is 0.0507. The molecule has 158 valence electrons. The van der Waals surface area contributed by atoms with E-state index in [9.17, 15) is 4.79 Å². The van der Waals surface area contributed by atoms with Crippen LogP contribution in [0.2, 0.25) is 0 Å². The highest BCUT2D eigenvalue weighted by atomic mass is 16.6. The molecule has 2 fully saturated rings. The minimum atomic E-state index is -0.473. The third-order valence-electron chi connectivity index (χ3n) is 6.41. The zero-order valence-corrected chi connectivity index (χ0v) is 18.1. The first-order valence-electron chi connectivity index (χ1n) is 10.9. The number of carbonyl (C=O) groups is 1. The topological polar surface area (TPSA) is 66.0 Å². The van der Waals surface area contributed by atoms with Gasteiger partial charge in [0.1, 0.15) is 5.60 Å². The number of alkyl carbamates (subject to hydrolysis) is 1. The summed E-state index contributed by atoms with van der Waals surface area (Å²) in [6.07, 6.45) is 3.08. The molecular formula is C23H34N4O2. The van der Waals surface area contributed by atoms with Crippen LogP contribution in [0.3, 0.4) is 0 Å². The van der Waals surface area contributed by atoms with Gasteiger partial charge in [0.15, 0.2) is 5.96 Å². The number of aliphatic imine (C=N–C) groups is 1. The lowest BCUT2D eigenvalue weighted by atomic mass is 9.92. The first-order chi connectivity index (χ1) is 13.9. The molecule has 1 aliphatic heterocycles. The lowest BCUT2D eigenvalue weighted by Gasteiger charge is -2.23. The van der Waals surface area contributed by atoms with E-state index in [1.807, 2.05) is 27.8 Å². The van der Waals surface area contributed by atoms with Crippen molar-refractivity contribution in [2.24, 2.45) is 16.8 Å². The van der Waals surface area contributed by atoms with Crippen molar-refractivity contribution in [3.8, 4) is 0 Å². The molecule has 4 rings (SSSR count). The van der Waals surface area contributed by atoms with E-state index in [-0.39, 0.29) is 12.1 Å². The fourth-order valence-corrected chi connectivity index (χ4v) is 5.07. The monoisotopic (exact) mass is 398 g/mol. The fourth-order valence-electron chi connectivity index (χ4n) is 5.07. The van der Waals surface area contributed by atoms with E-state index >= 15 is 0 Å². The van der Waals surface area contributed by atoms with E-state index in [4.69, 9.17) is 4.74 Å². The van der Waals surface area contributed by atoms with Gasteiger partial charge in [-0.3, -0.25) is 4.99 Å². The molecule has 2 N–H and O–H groups in total. The Balaban J connectivity index is 1.27. The molecule has 3 aliphatic rings. The van der Waals surface area contributed by atoms with Gasteiger partial charge < -0.3 is 20.3 Å². The van der Waals surface area contributed by atoms with Crippen LogP contribution in [0.4, 0.5) is 4.79 Å². The van der Waals surface area contributed by atoms with Crippen LogP contribution in [0.25, 0.3) is 0 Å². The first-order valence-corrected chi connectivity index (χ1v) is 10.9. The van der Waals surface area contributed by atoms with Crippen LogP contribution in [0, 0.1) is 11.8 Å². The Labute approximate surface area is 174 Å². The van der Waals surface area contributed by atoms with Crippen molar-refractivity contribution in [2.45, 2.75) is 57.6 Å². The molecule has 0 aromatic heterocycles. The number of amides is 1. The predicted octanol–water partition coefficient (Wildman–Crippen LogP) is 3.14. The normalized spacial score (nSPS) is 28.4. The molecule has 6 heteroatoms. The number of nitrogens with zero attached hydrogens (tertiary/aromatic N) is 2. The second kappa shape index (κ2) is 7.88. The maximum absolute atomic E-state index is 12.0.